The molecule has 7 heteroatoms. The predicted molar refractivity (Wildman–Crippen MR) is 91.9 cm³/mol. The Bertz CT molecular complexity index is 949. The monoisotopic (exact) mass is 345 g/mol. The summed E-state index contributed by atoms with van der Waals surface area (Å²) in [6.45, 7) is 3.39. The van der Waals surface area contributed by atoms with Crippen molar-refractivity contribution in [3.63, 3.8) is 0 Å². The Morgan fingerprint density at radius 2 is 2.04 bits per heavy atom. The number of halogens is 1. The Morgan fingerprint density at radius 1 is 1.32 bits per heavy atom. The number of hydrogen-bond donors (Lipinski definition) is 1. The second-order valence-corrected chi connectivity index (χ2v) is 6.93. The van der Waals surface area contributed by atoms with Gasteiger partial charge in [0.2, 0.25) is 0 Å². The van der Waals surface area contributed by atoms with Gasteiger partial charge in [-0.3, -0.25) is 9.20 Å². The Labute approximate surface area is 144 Å². The number of anilines is 1. The molecule has 2 aromatic rings. The van der Waals surface area contributed by atoms with Crippen LogP contribution in [0.3, 0.4) is 0 Å². The van der Waals surface area contributed by atoms with E-state index < -0.39 is 17.3 Å². The molecule has 0 bridgehead atoms. The van der Waals surface area contributed by atoms with Crippen LogP contribution in [0.1, 0.15) is 46.7 Å². The van der Waals surface area contributed by atoms with Crippen molar-refractivity contribution in [3.05, 3.63) is 45.1 Å². The molecule has 0 atom stereocenters. The van der Waals surface area contributed by atoms with Crippen LogP contribution in [0.25, 0.3) is 5.52 Å². The van der Waals surface area contributed by atoms with E-state index in [0.717, 1.165) is 44.1 Å². The highest BCUT2D eigenvalue weighted by Gasteiger charge is 2.31. The third kappa shape index (κ3) is 2.41. The van der Waals surface area contributed by atoms with Crippen LogP contribution in [0.4, 0.5) is 10.1 Å². The van der Waals surface area contributed by atoms with Crippen LogP contribution < -0.4 is 10.6 Å². The van der Waals surface area contributed by atoms with Gasteiger partial charge in [0.05, 0.1) is 17.4 Å². The van der Waals surface area contributed by atoms with Gasteiger partial charge in [0.25, 0.3) is 5.56 Å². The Balaban J connectivity index is 2.06. The number of aromatic carboxylic acids is 1. The number of hydrogen-bond acceptors (Lipinski definition) is 4. The lowest BCUT2D eigenvalue weighted by Gasteiger charge is -2.29. The molecule has 1 saturated heterocycles. The number of aromatic nitrogens is 1. The number of aryl methyl sites for hydroxylation is 1. The topological polar surface area (TPSA) is 65.3 Å². The lowest BCUT2D eigenvalue weighted by atomic mass is 10.0. The van der Waals surface area contributed by atoms with Gasteiger partial charge in [0, 0.05) is 25.7 Å². The summed E-state index contributed by atoms with van der Waals surface area (Å²) in [5.41, 5.74) is 1.65. The van der Waals surface area contributed by atoms with Crippen LogP contribution in [0.2, 0.25) is 0 Å². The van der Waals surface area contributed by atoms with E-state index >= 15 is 0 Å². The molecule has 2 aromatic heterocycles. The molecule has 1 aliphatic carbocycles. The van der Waals surface area contributed by atoms with Crippen LogP contribution in [0.15, 0.2) is 17.1 Å². The summed E-state index contributed by atoms with van der Waals surface area (Å²) in [5.74, 6) is -1.55. The van der Waals surface area contributed by atoms with E-state index in [9.17, 15) is 19.1 Å². The molecule has 4 rings (SSSR count). The van der Waals surface area contributed by atoms with Crippen molar-refractivity contribution in [1.82, 2.24) is 9.41 Å². The molecule has 1 aliphatic heterocycles. The lowest BCUT2D eigenvalue weighted by Crippen LogP contribution is -2.35. The average Bonchev–Trinajstić information content (AvgIpc) is 3.31. The van der Waals surface area contributed by atoms with Crippen molar-refractivity contribution in [2.45, 2.75) is 32.1 Å². The van der Waals surface area contributed by atoms with Crippen molar-refractivity contribution < 1.29 is 14.3 Å². The number of carboxylic acids is 1. The molecular weight excluding hydrogens is 325 g/mol. The second kappa shape index (κ2) is 5.56. The lowest BCUT2D eigenvalue weighted by molar-refractivity contribution is 0.0694. The zero-order valence-corrected chi connectivity index (χ0v) is 14.3. The van der Waals surface area contributed by atoms with E-state index in [2.05, 4.69) is 0 Å². The normalized spacial score (nSPS) is 18.3. The minimum atomic E-state index is -1.28. The summed E-state index contributed by atoms with van der Waals surface area (Å²) in [5, 5.41) is 13.2. The number of carbonyl (C=O) groups is 1. The smallest absolute Gasteiger partial charge is 0.341 e. The summed E-state index contributed by atoms with van der Waals surface area (Å²) < 4.78 is 16.1. The van der Waals surface area contributed by atoms with E-state index in [1.54, 1.807) is 0 Å². The summed E-state index contributed by atoms with van der Waals surface area (Å²) >= 11 is 0. The van der Waals surface area contributed by atoms with Gasteiger partial charge in [-0.25, -0.2) is 14.2 Å². The summed E-state index contributed by atoms with van der Waals surface area (Å²) in [6, 6.07) is 1.49. The number of nitrogens with zero attached hydrogens (tertiary/aromatic N) is 3. The van der Waals surface area contributed by atoms with Crippen molar-refractivity contribution in [3.8, 4) is 0 Å². The van der Waals surface area contributed by atoms with E-state index in [1.807, 2.05) is 24.0 Å². The first kappa shape index (κ1) is 16.1. The molecule has 1 N–H and O–H groups in total. The van der Waals surface area contributed by atoms with Gasteiger partial charge in [0.1, 0.15) is 5.56 Å². The largest absolute Gasteiger partial charge is 0.477 e. The number of carboxylic acid groups (broad SMARTS) is 1. The molecule has 2 aliphatic rings. The maximum atomic E-state index is 14.9. The molecule has 2 fully saturated rings. The highest BCUT2D eigenvalue weighted by molar-refractivity contribution is 5.89. The van der Waals surface area contributed by atoms with E-state index in [-0.39, 0.29) is 11.5 Å². The van der Waals surface area contributed by atoms with Crippen molar-refractivity contribution >= 4 is 17.2 Å². The van der Waals surface area contributed by atoms with Gasteiger partial charge in [-0.1, -0.05) is 0 Å². The number of rotatable bonds is 3. The van der Waals surface area contributed by atoms with Gasteiger partial charge in [-0.05, 0) is 43.7 Å². The Morgan fingerprint density at radius 3 is 2.60 bits per heavy atom. The first-order chi connectivity index (χ1) is 11.9. The van der Waals surface area contributed by atoms with Gasteiger partial charge in [-0.2, -0.15) is 0 Å². The summed E-state index contributed by atoms with van der Waals surface area (Å²) in [4.78, 5) is 24.0. The minimum Gasteiger partial charge on any atom is -0.477 e. The Hall–Kier alpha value is -2.41. The fraction of sp³-hybridized carbons (Fsp3) is 0.444. The third-order valence-corrected chi connectivity index (χ3v) is 5.21. The zero-order valence-electron chi connectivity index (χ0n) is 14.3. The van der Waals surface area contributed by atoms with Crippen LogP contribution in [0.5, 0.6) is 0 Å². The average molecular weight is 345 g/mol. The van der Waals surface area contributed by atoms with Crippen molar-refractivity contribution in [2.24, 2.45) is 0 Å². The van der Waals surface area contributed by atoms with Crippen LogP contribution >= 0.6 is 0 Å². The van der Waals surface area contributed by atoms with Crippen LogP contribution in [-0.2, 0) is 0 Å². The first-order valence-corrected chi connectivity index (χ1v) is 8.50. The molecular formula is C18H20FN3O3. The fourth-order valence-corrected chi connectivity index (χ4v) is 3.84. The van der Waals surface area contributed by atoms with E-state index in [4.69, 9.17) is 0 Å². The molecule has 6 nitrogen and oxygen atoms in total. The fourth-order valence-electron chi connectivity index (χ4n) is 3.84. The molecule has 25 heavy (non-hydrogen) atoms. The number of fused-ring (bicyclic) bond motifs is 1. The maximum Gasteiger partial charge on any atom is 0.341 e. The van der Waals surface area contributed by atoms with Gasteiger partial charge < -0.3 is 10.1 Å². The highest BCUT2D eigenvalue weighted by atomic mass is 19.1. The molecule has 0 amide bonds. The quantitative estimate of drug-likeness (QED) is 0.925. The molecule has 0 aromatic carbocycles. The van der Waals surface area contributed by atoms with E-state index in [0.29, 0.717) is 16.8 Å². The van der Waals surface area contributed by atoms with Crippen LogP contribution in [-0.4, -0.2) is 40.6 Å². The molecule has 0 unspecified atom stereocenters. The van der Waals surface area contributed by atoms with Crippen molar-refractivity contribution in [2.75, 3.05) is 25.1 Å². The van der Waals surface area contributed by atoms with Gasteiger partial charge in [0.15, 0.2) is 5.82 Å². The third-order valence-electron chi connectivity index (χ3n) is 5.21. The summed E-state index contributed by atoms with van der Waals surface area (Å²) in [7, 11) is 1.91. The second-order valence-electron chi connectivity index (χ2n) is 6.93. The Kier molecular flexibility index (Phi) is 3.57. The SMILES string of the molecule is Cc1c(N2CCCN2C)c(F)cn2c(=O)c(C(=O)O)cc(C3CC3)c12. The maximum absolute atomic E-state index is 14.9. The summed E-state index contributed by atoms with van der Waals surface area (Å²) in [6.07, 6.45) is 4.01. The molecule has 132 valence electrons. The molecule has 0 spiro atoms. The van der Waals surface area contributed by atoms with E-state index in [1.165, 1.54) is 10.5 Å². The molecule has 0 radical (unpaired) electrons. The standard InChI is InChI=1S/C18H20FN3O3/c1-10-15-12(11-4-5-11)8-13(18(24)25)17(23)21(15)9-14(19)16(10)22-7-3-6-20(22)2/h8-9,11H,3-7H2,1-2H3,(H,24,25). The highest BCUT2D eigenvalue weighted by Crippen LogP contribution is 2.44. The van der Waals surface area contributed by atoms with Gasteiger partial charge >= 0.3 is 5.97 Å². The molecule has 3 heterocycles. The van der Waals surface area contributed by atoms with Crippen molar-refractivity contribution in [1.29, 1.82) is 0 Å². The van der Waals surface area contributed by atoms with Crippen LogP contribution in [0, 0.1) is 12.7 Å². The number of pyridine rings is 2. The first-order valence-electron chi connectivity index (χ1n) is 8.50. The molecule has 1 saturated carbocycles. The zero-order chi connectivity index (χ0) is 17.9. The predicted octanol–water partition coefficient (Wildman–Crippen LogP) is 2.38. The minimum absolute atomic E-state index is 0.238. The number of hydrazine groups is 1. The van der Waals surface area contributed by atoms with Gasteiger partial charge in [-0.15, -0.1) is 0 Å².